The molecule has 0 aliphatic carbocycles. The fourth-order valence-corrected chi connectivity index (χ4v) is 2.15. The lowest BCUT2D eigenvalue weighted by Crippen LogP contribution is -2.18. The van der Waals surface area contributed by atoms with E-state index < -0.39 is 12.1 Å². The molecule has 0 amide bonds. The van der Waals surface area contributed by atoms with E-state index in [4.69, 9.17) is 9.47 Å². The van der Waals surface area contributed by atoms with Crippen molar-refractivity contribution >= 4 is 5.97 Å². The van der Waals surface area contributed by atoms with Crippen LogP contribution in [0.25, 0.3) is 0 Å². The van der Waals surface area contributed by atoms with Crippen LogP contribution in [0.15, 0.2) is 12.1 Å². The van der Waals surface area contributed by atoms with Crippen LogP contribution < -0.4 is 4.74 Å². The summed E-state index contributed by atoms with van der Waals surface area (Å²) in [4.78, 5) is 11.7. The molecule has 1 aromatic carbocycles. The number of hydrogen-bond acceptors (Lipinski definition) is 4. The average molecular weight is 280 g/mol. The summed E-state index contributed by atoms with van der Waals surface area (Å²) < 4.78 is 10.3. The Balaban J connectivity index is 3.31. The summed E-state index contributed by atoms with van der Waals surface area (Å²) in [6.07, 6.45) is -1.26. The number of rotatable bonds is 4. The lowest BCUT2D eigenvalue weighted by Gasteiger charge is -2.25. The van der Waals surface area contributed by atoms with Gasteiger partial charge in [-0.05, 0) is 42.5 Å². The first-order chi connectivity index (χ1) is 9.22. The molecule has 0 saturated carbocycles. The van der Waals surface area contributed by atoms with Gasteiger partial charge in [-0.25, -0.2) is 4.79 Å². The largest absolute Gasteiger partial charge is 0.496 e. The number of esters is 1. The van der Waals surface area contributed by atoms with Crippen molar-refractivity contribution in [3.8, 4) is 5.75 Å². The first-order valence-corrected chi connectivity index (χ1v) is 6.76. The summed E-state index contributed by atoms with van der Waals surface area (Å²) in [6.45, 7) is 10.0. The zero-order chi connectivity index (χ0) is 15.5. The molecule has 0 aromatic heterocycles. The van der Waals surface area contributed by atoms with Crippen molar-refractivity contribution in [2.24, 2.45) is 0 Å². The highest BCUT2D eigenvalue weighted by Gasteiger charge is 2.25. The van der Waals surface area contributed by atoms with Crippen molar-refractivity contribution in [3.63, 3.8) is 0 Å². The van der Waals surface area contributed by atoms with Crippen LogP contribution in [0.5, 0.6) is 5.75 Å². The van der Waals surface area contributed by atoms with Crippen molar-refractivity contribution in [1.29, 1.82) is 0 Å². The second-order valence-electron chi connectivity index (χ2n) is 5.82. The maximum absolute atomic E-state index is 11.7. The first kappa shape index (κ1) is 16.5. The van der Waals surface area contributed by atoms with Gasteiger partial charge in [-0.15, -0.1) is 0 Å². The summed E-state index contributed by atoms with van der Waals surface area (Å²) in [5, 5.41) is 10.1. The van der Waals surface area contributed by atoms with Gasteiger partial charge < -0.3 is 14.6 Å². The molecule has 1 rings (SSSR count). The first-order valence-electron chi connectivity index (χ1n) is 6.76. The minimum Gasteiger partial charge on any atom is -0.496 e. The molecule has 0 fully saturated rings. The molecule has 1 unspecified atom stereocenters. The third-order valence-corrected chi connectivity index (χ3v) is 3.13. The van der Waals surface area contributed by atoms with Gasteiger partial charge >= 0.3 is 5.97 Å². The number of methoxy groups -OCH3 is 1. The van der Waals surface area contributed by atoms with E-state index in [1.165, 1.54) is 0 Å². The topological polar surface area (TPSA) is 55.8 Å². The summed E-state index contributed by atoms with van der Waals surface area (Å²) in [5.41, 5.74) is 2.23. The minimum absolute atomic E-state index is 0.152. The van der Waals surface area contributed by atoms with Crippen LogP contribution in [0.1, 0.15) is 50.5 Å². The standard InChI is InChI=1S/C16H24O4/c1-7-20-15(18)13(17)11-8-10(2)14(19-6)12(9-11)16(3,4)5/h8-9,13,17H,7H2,1-6H3. The molecular formula is C16H24O4. The summed E-state index contributed by atoms with van der Waals surface area (Å²) in [7, 11) is 1.62. The predicted molar refractivity (Wildman–Crippen MR) is 78.0 cm³/mol. The maximum atomic E-state index is 11.7. The molecule has 1 atom stereocenters. The highest BCUT2D eigenvalue weighted by Crippen LogP contribution is 2.36. The molecule has 4 nitrogen and oxygen atoms in total. The van der Waals surface area contributed by atoms with Gasteiger partial charge in [0.1, 0.15) is 5.75 Å². The molecule has 20 heavy (non-hydrogen) atoms. The molecule has 4 heteroatoms. The van der Waals surface area contributed by atoms with Crippen LogP contribution in [0, 0.1) is 6.92 Å². The number of carbonyl (C=O) groups is 1. The van der Waals surface area contributed by atoms with Gasteiger partial charge in [0.2, 0.25) is 0 Å². The van der Waals surface area contributed by atoms with E-state index in [1.54, 1.807) is 20.1 Å². The SMILES string of the molecule is CCOC(=O)C(O)c1cc(C)c(OC)c(C(C)(C)C)c1. The smallest absolute Gasteiger partial charge is 0.339 e. The van der Waals surface area contributed by atoms with E-state index in [1.807, 2.05) is 13.0 Å². The second kappa shape index (κ2) is 6.27. The fraction of sp³-hybridized carbons (Fsp3) is 0.562. The molecule has 0 spiro atoms. The van der Waals surface area contributed by atoms with Gasteiger partial charge in [0.15, 0.2) is 6.10 Å². The van der Waals surface area contributed by atoms with E-state index in [9.17, 15) is 9.90 Å². The van der Waals surface area contributed by atoms with E-state index in [-0.39, 0.29) is 12.0 Å². The van der Waals surface area contributed by atoms with Crippen LogP contribution in [-0.4, -0.2) is 24.8 Å². The highest BCUT2D eigenvalue weighted by atomic mass is 16.5. The Morgan fingerprint density at radius 2 is 1.95 bits per heavy atom. The van der Waals surface area contributed by atoms with Crippen LogP contribution in [0.4, 0.5) is 0 Å². The summed E-state index contributed by atoms with van der Waals surface area (Å²) >= 11 is 0. The zero-order valence-electron chi connectivity index (χ0n) is 13.1. The van der Waals surface area contributed by atoms with Crippen LogP contribution >= 0.6 is 0 Å². The number of ether oxygens (including phenoxy) is 2. The number of benzene rings is 1. The average Bonchev–Trinajstić information content (AvgIpc) is 2.36. The highest BCUT2D eigenvalue weighted by molar-refractivity contribution is 5.76. The lowest BCUT2D eigenvalue weighted by atomic mass is 9.83. The number of aryl methyl sites for hydroxylation is 1. The Bertz CT molecular complexity index is 486. The van der Waals surface area contributed by atoms with Crippen molar-refractivity contribution in [2.75, 3.05) is 13.7 Å². The van der Waals surface area contributed by atoms with E-state index in [2.05, 4.69) is 20.8 Å². The maximum Gasteiger partial charge on any atom is 0.339 e. The summed E-state index contributed by atoms with van der Waals surface area (Å²) in [5.74, 6) is 0.161. The molecule has 0 aliphatic heterocycles. The number of aliphatic hydroxyl groups excluding tert-OH is 1. The monoisotopic (exact) mass is 280 g/mol. The molecule has 112 valence electrons. The molecule has 0 aliphatic rings. The predicted octanol–water partition coefficient (Wildman–Crippen LogP) is 2.90. The Morgan fingerprint density at radius 3 is 2.40 bits per heavy atom. The summed E-state index contributed by atoms with van der Waals surface area (Å²) in [6, 6.07) is 3.57. The zero-order valence-corrected chi connectivity index (χ0v) is 13.1. The van der Waals surface area contributed by atoms with Crippen LogP contribution in [-0.2, 0) is 14.9 Å². The van der Waals surface area contributed by atoms with Crippen LogP contribution in [0.2, 0.25) is 0 Å². The Morgan fingerprint density at radius 1 is 1.35 bits per heavy atom. The van der Waals surface area contributed by atoms with Crippen molar-refractivity contribution in [3.05, 3.63) is 28.8 Å². The second-order valence-corrected chi connectivity index (χ2v) is 5.82. The van der Waals surface area contributed by atoms with Gasteiger partial charge in [-0.1, -0.05) is 20.8 Å². The Kier molecular flexibility index (Phi) is 5.17. The fourth-order valence-electron chi connectivity index (χ4n) is 2.15. The molecular weight excluding hydrogens is 256 g/mol. The van der Waals surface area contributed by atoms with Crippen LogP contribution in [0.3, 0.4) is 0 Å². The molecule has 0 bridgehead atoms. The van der Waals surface area contributed by atoms with E-state index >= 15 is 0 Å². The van der Waals surface area contributed by atoms with Gasteiger partial charge in [0.05, 0.1) is 13.7 Å². The van der Waals surface area contributed by atoms with Crippen molar-refractivity contribution in [1.82, 2.24) is 0 Å². The third-order valence-electron chi connectivity index (χ3n) is 3.13. The molecule has 0 saturated heterocycles. The third kappa shape index (κ3) is 3.51. The molecule has 1 N–H and O–H groups in total. The minimum atomic E-state index is -1.26. The Labute approximate surface area is 120 Å². The lowest BCUT2D eigenvalue weighted by molar-refractivity contribution is -0.153. The quantitative estimate of drug-likeness (QED) is 0.862. The van der Waals surface area contributed by atoms with Crippen molar-refractivity contribution < 1.29 is 19.4 Å². The molecule has 0 heterocycles. The normalized spacial score (nSPS) is 12.9. The van der Waals surface area contributed by atoms with Gasteiger partial charge in [-0.3, -0.25) is 0 Å². The van der Waals surface area contributed by atoms with E-state index in [0.29, 0.717) is 5.56 Å². The Hall–Kier alpha value is -1.55. The number of hydrogen-bond donors (Lipinski definition) is 1. The number of carbonyl (C=O) groups excluding carboxylic acids is 1. The molecule has 0 radical (unpaired) electrons. The van der Waals surface area contributed by atoms with Gasteiger partial charge in [0, 0.05) is 5.56 Å². The van der Waals surface area contributed by atoms with Crippen molar-refractivity contribution in [2.45, 2.75) is 46.1 Å². The van der Waals surface area contributed by atoms with E-state index in [0.717, 1.165) is 16.9 Å². The van der Waals surface area contributed by atoms with Gasteiger partial charge in [0.25, 0.3) is 0 Å². The molecule has 1 aromatic rings. The number of aliphatic hydroxyl groups is 1. The van der Waals surface area contributed by atoms with Gasteiger partial charge in [-0.2, -0.15) is 0 Å².